The summed E-state index contributed by atoms with van der Waals surface area (Å²) in [6.45, 7) is 9.55. The Morgan fingerprint density at radius 1 is 1.18 bits per heavy atom. The van der Waals surface area contributed by atoms with E-state index in [-0.39, 0.29) is 34.8 Å². The van der Waals surface area contributed by atoms with Gasteiger partial charge < -0.3 is 10.2 Å². The van der Waals surface area contributed by atoms with E-state index in [9.17, 15) is 9.59 Å². The van der Waals surface area contributed by atoms with Crippen LogP contribution in [0.2, 0.25) is 5.02 Å². The zero-order chi connectivity index (χ0) is 27.6. The van der Waals surface area contributed by atoms with E-state index in [0.717, 1.165) is 28.1 Å². The van der Waals surface area contributed by atoms with Crippen molar-refractivity contribution in [1.82, 2.24) is 20.0 Å². The van der Waals surface area contributed by atoms with E-state index in [1.165, 1.54) is 0 Å². The van der Waals surface area contributed by atoms with Gasteiger partial charge in [-0.3, -0.25) is 14.5 Å². The highest BCUT2D eigenvalue weighted by molar-refractivity contribution is 8.00. The molecule has 0 fully saturated rings. The lowest BCUT2D eigenvalue weighted by molar-refractivity contribution is -0.122. The SMILES string of the molecule is Cc1ccccc1-n1nc(C(C)(C)C)c2c1N(CC(=O)NCCN(C)C)C(=O)CSC2c1cccc(Cl)c1. The maximum Gasteiger partial charge on any atom is 0.240 e. The van der Waals surface area contributed by atoms with Crippen LogP contribution in [0.25, 0.3) is 5.69 Å². The van der Waals surface area contributed by atoms with E-state index in [4.69, 9.17) is 16.7 Å². The van der Waals surface area contributed by atoms with Crippen molar-refractivity contribution in [1.29, 1.82) is 0 Å². The van der Waals surface area contributed by atoms with Gasteiger partial charge in [0.2, 0.25) is 11.8 Å². The lowest BCUT2D eigenvalue weighted by Gasteiger charge is -2.25. The minimum Gasteiger partial charge on any atom is -0.353 e. The number of aromatic nitrogens is 2. The van der Waals surface area contributed by atoms with Crippen molar-refractivity contribution in [3.63, 3.8) is 0 Å². The molecule has 3 aromatic rings. The van der Waals surface area contributed by atoms with Crippen LogP contribution >= 0.6 is 23.4 Å². The van der Waals surface area contributed by atoms with Gasteiger partial charge in [-0.05, 0) is 50.3 Å². The summed E-state index contributed by atoms with van der Waals surface area (Å²) in [5.41, 5.74) is 4.42. The molecule has 4 rings (SSSR count). The first-order valence-electron chi connectivity index (χ1n) is 12.8. The van der Waals surface area contributed by atoms with Crippen LogP contribution in [0, 0.1) is 6.92 Å². The second kappa shape index (κ2) is 11.5. The number of anilines is 1. The zero-order valence-corrected chi connectivity index (χ0v) is 24.5. The molecular formula is C29H36ClN5O2S. The number of carbonyl (C=O) groups excluding carboxylic acids is 2. The van der Waals surface area contributed by atoms with Gasteiger partial charge in [0.15, 0.2) is 0 Å². The number of hydrogen-bond acceptors (Lipinski definition) is 5. The third-order valence-corrected chi connectivity index (χ3v) is 7.97. The van der Waals surface area contributed by atoms with Gasteiger partial charge in [-0.15, -0.1) is 11.8 Å². The van der Waals surface area contributed by atoms with E-state index in [1.54, 1.807) is 16.7 Å². The number of aryl methyl sites for hydroxylation is 1. The average molecular weight is 554 g/mol. The molecule has 1 unspecified atom stereocenters. The number of nitrogens with zero attached hydrogens (tertiary/aromatic N) is 4. The number of likely N-dealkylation sites (N-methyl/N-ethyl adjacent to an activating group) is 1. The van der Waals surface area contributed by atoms with Crippen molar-refractivity contribution < 1.29 is 9.59 Å². The summed E-state index contributed by atoms with van der Waals surface area (Å²) in [4.78, 5) is 30.4. The number of nitrogens with one attached hydrogen (secondary N) is 1. The molecule has 1 aliphatic rings. The predicted octanol–water partition coefficient (Wildman–Crippen LogP) is 4.98. The van der Waals surface area contributed by atoms with Gasteiger partial charge in [0.1, 0.15) is 12.4 Å². The third kappa shape index (κ3) is 6.08. The second-order valence-electron chi connectivity index (χ2n) is 10.9. The van der Waals surface area contributed by atoms with Crippen LogP contribution in [-0.4, -0.2) is 66.0 Å². The molecule has 202 valence electrons. The number of amides is 2. The molecule has 0 saturated heterocycles. The van der Waals surface area contributed by atoms with E-state index in [0.29, 0.717) is 23.9 Å². The van der Waals surface area contributed by atoms with Gasteiger partial charge >= 0.3 is 0 Å². The normalized spacial score (nSPS) is 15.9. The van der Waals surface area contributed by atoms with Crippen LogP contribution in [0.3, 0.4) is 0 Å². The second-order valence-corrected chi connectivity index (χ2v) is 12.4. The first-order chi connectivity index (χ1) is 18.0. The molecule has 0 aliphatic carbocycles. The first kappa shape index (κ1) is 28.2. The number of halogens is 1. The standard InChI is InChI=1S/C29H36ClN5O2S/c1-19-10-7-8-13-22(19)35-28-25(27(32-35)29(2,3)4)26(20-11-9-12-21(30)16-20)38-18-24(37)34(28)17-23(36)31-14-15-33(5)6/h7-13,16,26H,14-15,17-18H2,1-6H3,(H,31,36). The van der Waals surface area contributed by atoms with Crippen molar-refractivity contribution in [2.75, 3.05) is 44.4 Å². The van der Waals surface area contributed by atoms with Gasteiger partial charge in [-0.2, -0.15) is 5.10 Å². The zero-order valence-electron chi connectivity index (χ0n) is 22.9. The number of thioether (sulfide) groups is 1. The summed E-state index contributed by atoms with van der Waals surface area (Å²) < 4.78 is 1.86. The molecule has 2 amide bonds. The number of rotatable bonds is 7. The van der Waals surface area contributed by atoms with E-state index < -0.39 is 0 Å². The molecule has 38 heavy (non-hydrogen) atoms. The Balaban J connectivity index is 1.94. The van der Waals surface area contributed by atoms with Gasteiger partial charge in [-0.25, -0.2) is 4.68 Å². The number of fused-ring (bicyclic) bond motifs is 1. The van der Waals surface area contributed by atoms with Crippen molar-refractivity contribution in [3.8, 4) is 5.69 Å². The summed E-state index contributed by atoms with van der Waals surface area (Å²) >= 11 is 7.97. The lowest BCUT2D eigenvalue weighted by Crippen LogP contribution is -2.43. The smallest absolute Gasteiger partial charge is 0.240 e. The molecule has 0 radical (unpaired) electrons. The molecule has 0 spiro atoms. The maximum absolute atomic E-state index is 13.7. The fourth-order valence-electron chi connectivity index (χ4n) is 4.59. The Kier molecular flexibility index (Phi) is 8.55. The molecule has 0 bridgehead atoms. The van der Waals surface area contributed by atoms with Crippen molar-refractivity contribution >= 4 is 41.0 Å². The van der Waals surface area contributed by atoms with Gasteiger partial charge in [0, 0.05) is 29.1 Å². The van der Waals surface area contributed by atoms with E-state index >= 15 is 0 Å². The highest BCUT2D eigenvalue weighted by Crippen LogP contribution is 2.48. The van der Waals surface area contributed by atoms with Gasteiger partial charge in [0.05, 0.1) is 22.4 Å². The molecule has 7 nitrogen and oxygen atoms in total. The number of benzene rings is 2. The fraction of sp³-hybridized carbons (Fsp3) is 0.414. The molecule has 1 atom stereocenters. The van der Waals surface area contributed by atoms with Crippen molar-refractivity contribution in [2.45, 2.75) is 38.4 Å². The van der Waals surface area contributed by atoms with Crippen LogP contribution in [-0.2, 0) is 15.0 Å². The van der Waals surface area contributed by atoms with Crippen LogP contribution in [0.1, 0.15) is 48.4 Å². The Morgan fingerprint density at radius 3 is 2.58 bits per heavy atom. The van der Waals surface area contributed by atoms with Crippen LogP contribution in [0.5, 0.6) is 0 Å². The fourth-order valence-corrected chi connectivity index (χ4v) is 5.98. The summed E-state index contributed by atoms with van der Waals surface area (Å²) in [5, 5.41) is 8.57. The Bertz CT molecular complexity index is 1330. The minimum atomic E-state index is -0.317. The monoisotopic (exact) mass is 553 g/mol. The minimum absolute atomic E-state index is 0.0801. The van der Waals surface area contributed by atoms with E-state index in [1.807, 2.05) is 79.1 Å². The summed E-state index contributed by atoms with van der Waals surface area (Å²) in [5.74, 6) is 0.548. The molecule has 1 aliphatic heterocycles. The van der Waals surface area contributed by atoms with Crippen LogP contribution in [0.15, 0.2) is 48.5 Å². The topological polar surface area (TPSA) is 70.5 Å². The molecule has 1 aromatic heterocycles. The number of carbonyl (C=O) groups is 2. The molecule has 0 saturated carbocycles. The van der Waals surface area contributed by atoms with Crippen molar-refractivity contribution in [2.24, 2.45) is 0 Å². The summed E-state index contributed by atoms with van der Waals surface area (Å²) in [6.07, 6.45) is 0. The molecular weight excluding hydrogens is 518 g/mol. The lowest BCUT2D eigenvalue weighted by atomic mass is 9.87. The van der Waals surface area contributed by atoms with Crippen molar-refractivity contribution in [3.05, 3.63) is 75.9 Å². The largest absolute Gasteiger partial charge is 0.353 e. The highest BCUT2D eigenvalue weighted by Gasteiger charge is 2.40. The highest BCUT2D eigenvalue weighted by atomic mass is 35.5. The summed E-state index contributed by atoms with van der Waals surface area (Å²) in [7, 11) is 3.91. The number of hydrogen-bond donors (Lipinski definition) is 1. The Morgan fingerprint density at radius 2 is 1.92 bits per heavy atom. The Labute approximate surface area is 234 Å². The predicted molar refractivity (Wildman–Crippen MR) is 157 cm³/mol. The number of para-hydroxylation sites is 1. The van der Waals surface area contributed by atoms with E-state index in [2.05, 4.69) is 26.1 Å². The molecule has 2 heterocycles. The molecule has 9 heteroatoms. The first-order valence-corrected chi connectivity index (χ1v) is 14.2. The van der Waals surface area contributed by atoms with Crippen LogP contribution < -0.4 is 10.2 Å². The average Bonchev–Trinajstić information content (AvgIpc) is 3.17. The third-order valence-electron chi connectivity index (χ3n) is 6.48. The maximum atomic E-state index is 13.7. The van der Waals surface area contributed by atoms with Gasteiger partial charge in [0.25, 0.3) is 0 Å². The molecule has 1 N–H and O–H groups in total. The van der Waals surface area contributed by atoms with Gasteiger partial charge in [-0.1, -0.05) is 62.7 Å². The quantitative estimate of drug-likeness (QED) is 0.447. The molecule has 2 aromatic carbocycles. The Hall–Kier alpha value is -2.81. The van der Waals surface area contributed by atoms with Crippen LogP contribution in [0.4, 0.5) is 5.82 Å². The summed E-state index contributed by atoms with van der Waals surface area (Å²) in [6, 6.07) is 15.8.